The van der Waals surface area contributed by atoms with Gasteiger partial charge in [0, 0.05) is 6.42 Å². The first kappa shape index (κ1) is 17.2. The van der Waals surface area contributed by atoms with Gasteiger partial charge in [-0.25, -0.2) is 5.48 Å². The van der Waals surface area contributed by atoms with E-state index in [1.54, 1.807) is 5.48 Å². The Morgan fingerprint density at radius 1 is 1.09 bits per heavy atom. The predicted molar refractivity (Wildman–Crippen MR) is 90.0 cm³/mol. The lowest BCUT2D eigenvalue weighted by atomic mass is 9.97. The average molecular weight is 313 g/mol. The third-order valence-corrected chi connectivity index (χ3v) is 3.91. The molecule has 1 amide bonds. The molecular formula is C19H23NO3. The molecule has 2 rings (SSSR count). The SMILES string of the molecule is Cc1ccc(-c2cccc(C(O)CCCCC(=O)NO)c2)cc1. The standard InChI is InChI=1S/C19H23NO3/c1-14-9-11-15(12-10-14)16-5-4-6-17(13-16)18(21)7-2-3-8-19(22)20-23/h4-6,9-13,18,21,23H,2-3,7-8H2,1H3,(H,20,22). The smallest absolute Gasteiger partial charge is 0.243 e. The van der Waals surface area contributed by atoms with Gasteiger partial charge < -0.3 is 5.11 Å². The van der Waals surface area contributed by atoms with E-state index >= 15 is 0 Å². The van der Waals surface area contributed by atoms with Crippen LogP contribution in [0.15, 0.2) is 48.5 Å². The monoisotopic (exact) mass is 313 g/mol. The summed E-state index contributed by atoms with van der Waals surface area (Å²) >= 11 is 0. The van der Waals surface area contributed by atoms with Crippen molar-refractivity contribution >= 4 is 5.91 Å². The van der Waals surface area contributed by atoms with Crippen molar-refractivity contribution in [2.24, 2.45) is 0 Å². The van der Waals surface area contributed by atoms with Gasteiger partial charge in [0.15, 0.2) is 0 Å². The summed E-state index contributed by atoms with van der Waals surface area (Å²) < 4.78 is 0. The van der Waals surface area contributed by atoms with Crippen molar-refractivity contribution in [3.63, 3.8) is 0 Å². The first-order chi connectivity index (χ1) is 11.1. The summed E-state index contributed by atoms with van der Waals surface area (Å²) in [6.45, 7) is 2.06. The van der Waals surface area contributed by atoms with Crippen LogP contribution in [0.4, 0.5) is 0 Å². The summed E-state index contributed by atoms with van der Waals surface area (Å²) in [7, 11) is 0. The summed E-state index contributed by atoms with van der Waals surface area (Å²) in [5.74, 6) is -0.388. The molecule has 0 bridgehead atoms. The second kappa shape index (κ2) is 8.46. The number of carbonyl (C=O) groups is 1. The van der Waals surface area contributed by atoms with Crippen molar-refractivity contribution in [3.05, 3.63) is 59.7 Å². The van der Waals surface area contributed by atoms with Gasteiger partial charge in [-0.3, -0.25) is 10.0 Å². The zero-order valence-corrected chi connectivity index (χ0v) is 13.3. The molecule has 2 aromatic carbocycles. The third-order valence-electron chi connectivity index (χ3n) is 3.91. The van der Waals surface area contributed by atoms with Crippen LogP contribution in [0.3, 0.4) is 0 Å². The Morgan fingerprint density at radius 2 is 1.83 bits per heavy atom. The minimum absolute atomic E-state index is 0.270. The Bertz CT molecular complexity index is 637. The first-order valence-corrected chi connectivity index (χ1v) is 7.88. The molecule has 122 valence electrons. The maximum atomic E-state index is 10.9. The quantitative estimate of drug-likeness (QED) is 0.414. The van der Waals surface area contributed by atoms with Gasteiger partial charge in [-0.1, -0.05) is 54.4 Å². The van der Waals surface area contributed by atoms with Crippen LogP contribution < -0.4 is 5.48 Å². The molecule has 2 aromatic rings. The number of rotatable bonds is 7. The summed E-state index contributed by atoms with van der Waals surface area (Å²) in [5.41, 5.74) is 5.93. The van der Waals surface area contributed by atoms with E-state index in [1.807, 2.05) is 24.3 Å². The molecule has 3 N–H and O–H groups in total. The lowest BCUT2D eigenvalue weighted by molar-refractivity contribution is -0.129. The van der Waals surface area contributed by atoms with Crippen LogP contribution in [-0.2, 0) is 4.79 Å². The largest absolute Gasteiger partial charge is 0.388 e. The first-order valence-electron chi connectivity index (χ1n) is 7.88. The Labute approximate surface area is 136 Å². The molecule has 0 aromatic heterocycles. The van der Waals surface area contributed by atoms with Crippen LogP contribution in [-0.4, -0.2) is 16.2 Å². The predicted octanol–water partition coefficient (Wildman–Crippen LogP) is 3.76. The second-order valence-corrected chi connectivity index (χ2v) is 5.79. The fraction of sp³-hybridized carbons (Fsp3) is 0.316. The van der Waals surface area contributed by atoms with Gasteiger partial charge in [0.05, 0.1) is 6.10 Å². The van der Waals surface area contributed by atoms with Crippen molar-refractivity contribution in [1.29, 1.82) is 0 Å². The van der Waals surface area contributed by atoms with Crippen LogP contribution in [0.5, 0.6) is 0 Å². The number of aliphatic hydroxyl groups is 1. The van der Waals surface area contributed by atoms with Gasteiger partial charge in [0.1, 0.15) is 0 Å². The number of hydrogen-bond donors (Lipinski definition) is 3. The summed E-state index contributed by atoms with van der Waals surface area (Å²) in [4.78, 5) is 10.9. The topological polar surface area (TPSA) is 69.6 Å². The molecule has 4 heteroatoms. The van der Waals surface area contributed by atoms with Gasteiger partial charge in [-0.15, -0.1) is 0 Å². The number of unbranched alkanes of at least 4 members (excludes halogenated alkanes) is 1. The highest BCUT2D eigenvalue weighted by Crippen LogP contribution is 2.26. The Morgan fingerprint density at radius 3 is 2.52 bits per heavy atom. The van der Waals surface area contributed by atoms with Gasteiger partial charge in [-0.05, 0) is 42.5 Å². The summed E-state index contributed by atoms with van der Waals surface area (Å²) in [5, 5.41) is 18.7. The van der Waals surface area contributed by atoms with E-state index in [1.165, 1.54) is 5.56 Å². The maximum Gasteiger partial charge on any atom is 0.243 e. The summed E-state index contributed by atoms with van der Waals surface area (Å²) in [6.07, 6.45) is 1.69. The third kappa shape index (κ3) is 5.20. The van der Waals surface area contributed by atoms with Crippen LogP contribution in [0.2, 0.25) is 0 Å². The molecule has 0 aliphatic carbocycles. The number of nitrogens with one attached hydrogen (secondary N) is 1. The van der Waals surface area contributed by atoms with E-state index < -0.39 is 6.10 Å². The van der Waals surface area contributed by atoms with E-state index in [4.69, 9.17) is 5.21 Å². The Hall–Kier alpha value is -2.17. The number of aliphatic hydroxyl groups excluding tert-OH is 1. The number of amides is 1. The molecule has 0 fully saturated rings. The molecular weight excluding hydrogens is 290 g/mol. The zero-order valence-electron chi connectivity index (χ0n) is 13.3. The molecule has 0 heterocycles. The number of carbonyl (C=O) groups excluding carboxylic acids is 1. The van der Waals surface area contributed by atoms with Gasteiger partial charge in [0.25, 0.3) is 0 Å². The van der Waals surface area contributed by atoms with E-state index in [2.05, 4.69) is 31.2 Å². The van der Waals surface area contributed by atoms with Crippen molar-refractivity contribution < 1.29 is 15.1 Å². The lowest BCUT2D eigenvalue weighted by Crippen LogP contribution is -2.17. The van der Waals surface area contributed by atoms with Crippen molar-refractivity contribution in [3.8, 4) is 11.1 Å². The molecule has 0 spiro atoms. The van der Waals surface area contributed by atoms with Crippen LogP contribution in [0, 0.1) is 6.92 Å². The van der Waals surface area contributed by atoms with E-state index in [-0.39, 0.29) is 12.3 Å². The molecule has 23 heavy (non-hydrogen) atoms. The number of hydroxylamine groups is 1. The molecule has 0 aliphatic rings. The van der Waals surface area contributed by atoms with Gasteiger partial charge >= 0.3 is 0 Å². The molecule has 0 aliphatic heterocycles. The molecule has 0 saturated carbocycles. The van der Waals surface area contributed by atoms with Crippen LogP contribution >= 0.6 is 0 Å². The van der Waals surface area contributed by atoms with Crippen LogP contribution in [0.1, 0.15) is 42.9 Å². The van der Waals surface area contributed by atoms with E-state index in [0.717, 1.165) is 23.1 Å². The molecule has 4 nitrogen and oxygen atoms in total. The van der Waals surface area contributed by atoms with Gasteiger partial charge in [0.2, 0.25) is 5.91 Å². The second-order valence-electron chi connectivity index (χ2n) is 5.79. The van der Waals surface area contributed by atoms with Crippen LogP contribution in [0.25, 0.3) is 11.1 Å². The lowest BCUT2D eigenvalue weighted by Gasteiger charge is -2.12. The maximum absolute atomic E-state index is 10.9. The van der Waals surface area contributed by atoms with Gasteiger partial charge in [-0.2, -0.15) is 0 Å². The molecule has 1 atom stereocenters. The number of hydrogen-bond acceptors (Lipinski definition) is 3. The molecule has 1 unspecified atom stereocenters. The number of benzene rings is 2. The highest BCUT2D eigenvalue weighted by Gasteiger charge is 2.09. The Kier molecular flexibility index (Phi) is 6.32. The number of aryl methyl sites for hydroxylation is 1. The van der Waals surface area contributed by atoms with Crippen molar-refractivity contribution in [2.75, 3.05) is 0 Å². The van der Waals surface area contributed by atoms with E-state index in [0.29, 0.717) is 12.8 Å². The van der Waals surface area contributed by atoms with E-state index in [9.17, 15) is 9.90 Å². The normalized spacial score (nSPS) is 12.0. The molecule has 0 saturated heterocycles. The fourth-order valence-corrected chi connectivity index (χ4v) is 2.52. The molecule has 0 radical (unpaired) electrons. The fourth-order valence-electron chi connectivity index (χ4n) is 2.52. The summed E-state index contributed by atoms with van der Waals surface area (Å²) in [6, 6.07) is 16.2. The highest BCUT2D eigenvalue weighted by atomic mass is 16.5. The minimum Gasteiger partial charge on any atom is -0.388 e. The van der Waals surface area contributed by atoms with Crippen molar-refractivity contribution in [2.45, 2.75) is 38.7 Å². The Balaban J connectivity index is 1.96. The zero-order chi connectivity index (χ0) is 16.7. The average Bonchev–Trinajstić information content (AvgIpc) is 2.59. The minimum atomic E-state index is -0.544. The highest BCUT2D eigenvalue weighted by molar-refractivity contribution is 5.74. The van der Waals surface area contributed by atoms with Crippen molar-refractivity contribution in [1.82, 2.24) is 5.48 Å².